The van der Waals surface area contributed by atoms with Gasteiger partial charge in [-0.15, -0.1) is 0 Å². The largest absolute Gasteiger partial charge is 0.495 e. The molecular formula is C17H19N3O. The maximum Gasteiger partial charge on any atom is 0.136 e. The molecule has 1 N–H and O–H groups in total. The van der Waals surface area contributed by atoms with Gasteiger partial charge in [0.1, 0.15) is 11.8 Å². The molecule has 4 heteroatoms. The smallest absolute Gasteiger partial charge is 0.136 e. The lowest BCUT2D eigenvalue weighted by atomic mass is 10.1. The van der Waals surface area contributed by atoms with Crippen molar-refractivity contribution in [3.05, 3.63) is 53.6 Å². The third kappa shape index (κ3) is 3.67. The molecule has 2 rings (SSSR count). The lowest BCUT2D eigenvalue weighted by Crippen LogP contribution is -2.09. The summed E-state index contributed by atoms with van der Waals surface area (Å²) in [6.45, 7) is 0.680. The van der Waals surface area contributed by atoms with Gasteiger partial charge in [0, 0.05) is 32.0 Å². The monoisotopic (exact) mass is 281 g/mol. The van der Waals surface area contributed by atoms with Gasteiger partial charge in [-0.25, -0.2) is 0 Å². The van der Waals surface area contributed by atoms with Crippen molar-refractivity contribution < 1.29 is 4.74 Å². The van der Waals surface area contributed by atoms with E-state index in [1.54, 1.807) is 13.2 Å². The van der Waals surface area contributed by atoms with E-state index in [2.05, 4.69) is 28.4 Å². The van der Waals surface area contributed by atoms with E-state index in [9.17, 15) is 0 Å². The Balaban J connectivity index is 2.10. The van der Waals surface area contributed by atoms with Crippen molar-refractivity contribution in [3.63, 3.8) is 0 Å². The predicted octanol–water partition coefficient (Wildman–Crippen LogP) is 3.24. The molecule has 0 amide bonds. The molecule has 0 unspecified atom stereocenters. The molecule has 0 aliphatic heterocycles. The summed E-state index contributed by atoms with van der Waals surface area (Å²) in [5.41, 5.74) is 3.83. The second kappa shape index (κ2) is 6.67. The van der Waals surface area contributed by atoms with Crippen LogP contribution in [0.1, 0.15) is 11.1 Å². The van der Waals surface area contributed by atoms with Crippen LogP contribution in [0, 0.1) is 11.3 Å². The van der Waals surface area contributed by atoms with E-state index in [1.807, 2.05) is 38.4 Å². The highest BCUT2D eigenvalue weighted by atomic mass is 16.5. The average Bonchev–Trinajstić information content (AvgIpc) is 2.52. The fourth-order valence-electron chi connectivity index (χ4n) is 2.04. The number of ether oxygens (including phenoxy) is 1. The van der Waals surface area contributed by atoms with Crippen LogP contribution in [-0.2, 0) is 6.54 Å². The minimum absolute atomic E-state index is 0.552. The highest BCUT2D eigenvalue weighted by Gasteiger charge is 2.04. The molecular weight excluding hydrogens is 262 g/mol. The number of anilines is 2. The lowest BCUT2D eigenvalue weighted by Gasteiger charge is -2.14. The molecule has 2 aromatic rings. The Morgan fingerprint density at radius 2 is 2.00 bits per heavy atom. The van der Waals surface area contributed by atoms with Crippen LogP contribution in [0.4, 0.5) is 11.4 Å². The van der Waals surface area contributed by atoms with Crippen LogP contribution >= 0.6 is 0 Å². The first-order valence-corrected chi connectivity index (χ1v) is 6.72. The summed E-state index contributed by atoms with van der Waals surface area (Å²) in [6, 6.07) is 15.9. The van der Waals surface area contributed by atoms with Gasteiger partial charge in [0.25, 0.3) is 0 Å². The minimum Gasteiger partial charge on any atom is -0.495 e. The Hall–Kier alpha value is -2.67. The van der Waals surface area contributed by atoms with Gasteiger partial charge in [-0.2, -0.15) is 5.26 Å². The van der Waals surface area contributed by atoms with Crippen molar-refractivity contribution in [3.8, 4) is 11.8 Å². The number of hydrogen-bond donors (Lipinski definition) is 1. The summed E-state index contributed by atoms with van der Waals surface area (Å²) < 4.78 is 5.22. The first-order valence-electron chi connectivity index (χ1n) is 6.72. The van der Waals surface area contributed by atoms with Crippen molar-refractivity contribution in [1.82, 2.24) is 0 Å². The van der Waals surface area contributed by atoms with E-state index in [0.29, 0.717) is 17.9 Å². The van der Waals surface area contributed by atoms with E-state index in [0.717, 1.165) is 16.9 Å². The molecule has 0 aliphatic rings. The predicted molar refractivity (Wildman–Crippen MR) is 85.8 cm³/mol. The van der Waals surface area contributed by atoms with E-state index in [-0.39, 0.29) is 0 Å². The number of nitriles is 1. The van der Waals surface area contributed by atoms with Gasteiger partial charge in [-0.05, 0) is 35.9 Å². The average molecular weight is 281 g/mol. The molecule has 0 aliphatic carbocycles. The highest BCUT2D eigenvalue weighted by Crippen LogP contribution is 2.21. The standard InChI is InChI=1S/C17H19N3O/c1-20(2)16-6-4-5-15(10-16)19-12-13-7-8-14(11-18)17(9-13)21-3/h4-10,19H,12H2,1-3H3. The Bertz CT molecular complexity index is 659. The molecule has 0 bridgehead atoms. The van der Waals surface area contributed by atoms with Crippen LogP contribution in [0.15, 0.2) is 42.5 Å². The highest BCUT2D eigenvalue weighted by molar-refractivity contribution is 5.57. The number of nitrogens with zero attached hydrogens (tertiary/aromatic N) is 2. The van der Waals surface area contributed by atoms with Gasteiger partial charge < -0.3 is 15.0 Å². The first-order chi connectivity index (χ1) is 10.1. The van der Waals surface area contributed by atoms with Crippen LogP contribution in [-0.4, -0.2) is 21.2 Å². The van der Waals surface area contributed by atoms with Gasteiger partial charge >= 0.3 is 0 Å². The fraction of sp³-hybridized carbons (Fsp3) is 0.235. The molecule has 0 saturated heterocycles. The van der Waals surface area contributed by atoms with Crippen LogP contribution in [0.5, 0.6) is 5.75 Å². The van der Waals surface area contributed by atoms with Crippen molar-refractivity contribution in [2.45, 2.75) is 6.54 Å². The van der Waals surface area contributed by atoms with E-state index < -0.39 is 0 Å². The lowest BCUT2D eigenvalue weighted by molar-refractivity contribution is 0.413. The van der Waals surface area contributed by atoms with E-state index in [4.69, 9.17) is 10.00 Å². The van der Waals surface area contributed by atoms with Crippen molar-refractivity contribution in [2.75, 3.05) is 31.4 Å². The summed E-state index contributed by atoms with van der Waals surface area (Å²) in [5, 5.41) is 12.4. The van der Waals surface area contributed by atoms with Crippen LogP contribution in [0.25, 0.3) is 0 Å². The fourth-order valence-corrected chi connectivity index (χ4v) is 2.04. The Kier molecular flexibility index (Phi) is 4.68. The number of rotatable bonds is 5. The molecule has 0 heterocycles. The zero-order chi connectivity index (χ0) is 15.2. The zero-order valence-corrected chi connectivity index (χ0v) is 12.6. The molecule has 4 nitrogen and oxygen atoms in total. The van der Waals surface area contributed by atoms with Gasteiger partial charge in [0.2, 0.25) is 0 Å². The van der Waals surface area contributed by atoms with Gasteiger partial charge in [-0.1, -0.05) is 12.1 Å². The van der Waals surface area contributed by atoms with E-state index in [1.165, 1.54) is 0 Å². The molecule has 108 valence electrons. The van der Waals surface area contributed by atoms with Crippen molar-refractivity contribution in [1.29, 1.82) is 5.26 Å². The Morgan fingerprint density at radius 3 is 2.67 bits per heavy atom. The number of hydrogen-bond acceptors (Lipinski definition) is 4. The summed E-state index contributed by atoms with van der Waals surface area (Å²) in [6.07, 6.45) is 0. The zero-order valence-electron chi connectivity index (χ0n) is 12.6. The Morgan fingerprint density at radius 1 is 1.19 bits per heavy atom. The maximum absolute atomic E-state index is 8.98. The topological polar surface area (TPSA) is 48.3 Å². The summed E-state index contributed by atoms with van der Waals surface area (Å²) in [5.74, 6) is 0.610. The summed E-state index contributed by atoms with van der Waals surface area (Å²) in [4.78, 5) is 2.07. The molecule has 0 fully saturated rings. The third-order valence-electron chi connectivity index (χ3n) is 3.25. The SMILES string of the molecule is COc1cc(CNc2cccc(N(C)C)c2)ccc1C#N. The minimum atomic E-state index is 0.552. The van der Waals surface area contributed by atoms with Gasteiger partial charge in [0.15, 0.2) is 0 Å². The number of methoxy groups -OCH3 is 1. The summed E-state index contributed by atoms with van der Waals surface area (Å²) in [7, 11) is 5.61. The second-order valence-electron chi connectivity index (χ2n) is 4.94. The molecule has 0 atom stereocenters. The van der Waals surface area contributed by atoms with Gasteiger partial charge in [-0.3, -0.25) is 0 Å². The van der Waals surface area contributed by atoms with Crippen molar-refractivity contribution in [2.24, 2.45) is 0 Å². The molecule has 0 aromatic heterocycles. The Labute approximate surface area is 125 Å². The molecule has 21 heavy (non-hydrogen) atoms. The molecule has 0 radical (unpaired) electrons. The van der Waals surface area contributed by atoms with Crippen LogP contribution < -0.4 is 15.0 Å². The third-order valence-corrected chi connectivity index (χ3v) is 3.25. The molecule has 2 aromatic carbocycles. The second-order valence-corrected chi connectivity index (χ2v) is 4.94. The number of nitrogens with one attached hydrogen (secondary N) is 1. The van der Waals surface area contributed by atoms with Gasteiger partial charge in [0.05, 0.1) is 12.7 Å². The maximum atomic E-state index is 8.98. The first kappa shape index (κ1) is 14.7. The normalized spacial score (nSPS) is 9.81. The van der Waals surface area contributed by atoms with Crippen LogP contribution in [0.2, 0.25) is 0 Å². The van der Waals surface area contributed by atoms with E-state index >= 15 is 0 Å². The summed E-state index contributed by atoms with van der Waals surface area (Å²) >= 11 is 0. The quantitative estimate of drug-likeness (QED) is 0.914. The molecule has 0 spiro atoms. The van der Waals surface area contributed by atoms with Crippen LogP contribution in [0.3, 0.4) is 0 Å². The number of benzene rings is 2. The molecule has 0 saturated carbocycles. The van der Waals surface area contributed by atoms with Crippen molar-refractivity contribution >= 4 is 11.4 Å².